The lowest BCUT2D eigenvalue weighted by Gasteiger charge is -2.06. The molecule has 3 aromatic heterocycles. The van der Waals surface area contributed by atoms with Gasteiger partial charge in [-0.15, -0.1) is 11.3 Å². The van der Waals surface area contributed by atoms with Crippen molar-refractivity contribution in [1.82, 2.24) is 9.38 Å². The quantitative estimate of drug-likeness (QED) is 0.785. The van der Waals surface area contributed by atoms with Crippen molar-refractivity contribution in [1.29, 1.82) is 0 Å². The van der Waals surface area contributed by atoms with E-state index in [1.165, 1.54) is 0 Å². The van der Waals surface area contributed by atoms with Crippen LogP contribution in [0.2, 0.25) is 0 Å². The molecular weight excluding hydrogens is 246 g/mol. The van der Waals surface area contributed by atoms with Gasteiger partial charge in [-0.2, -0.15) is 0 Å². The van der Waals surface area contributed by atoms with E-state index in [2.05, 4.69) is 11.9 Å². The highest BCUT2D eigenvalue weighted by molar-refractivity contribution is 7.15. The molecule has 1 unspecified atom stereocenters. The van der Waals surface area contributed by atoms with Crippen LogP contribution in [0.3, 0.4) is 0 Å². The van der Waals surface area contributed by atoms with Crippen LogP contribution in [0.25, 0.3) is 4.96 Å². The number of fused-ring (bicyclic) bond motifs is 1. The maximum Gasteiger partial charge on any atom is 0.193 e. The summed E-state index contributed by atoms with van der Waals surface area (Å²) < 4.78 is 7.69. The molecule has 0 aliphatic heterocycles. The average Bonchev–Trinajstić information content (AvgIpc) is 3.02. The van der Waals surface area contributed by atoms with E-state index in [1.54, 1.807) is 11.3 Å². The predicted octanol–water partition coefficient (Wildman–Crippen LogP) is 2.79. The molecular formula is C13H15N3OS. The number of nitrogens with two attached hydrogens (primary N) is 1. The van der Waals surface area contributed by atoms with Crippen molar-refractivity contribution in [2.75, 3.05) is 0 Å². The molecule has 94 valence electrons. The Morgan fingerprint density at radius 2 is 2.39 bits per heavy atom. The Balaban J connectivity index is 1.77. The molecule has 3 heterocycles. The Bertz CT molecular complexity index is 623. The molecule has 4 nitrogen and oxygen atoms in total. The highest BCUT2D eigenvalue weighted by atomic mass is 32.1. The third-order valence-corrected chi connectivity index (χ3v) is 3.74. The van der Waals surface area contributed by atoms with Gasteiger partial charge in [0.1, 0.15) is 11.5 Å². The fraction of sp³-hybridized carbons (Fsp3) is 0.308. The van der Waals surface area contributed by atoms with Gasteiger partial charge in [0.15, 0.2) is 4.96 Å². The van der Waals surface area contributed by atoms with Crippen molar-refractivity contribution >= 4 is 16.3 Å². The van der Waals surface area contributed by atoms with Gasteiger partial charge >= 0.3 is 0 Å². The molecule has 0 saturated carbocycles. The van der Waals surface area contributed by atoms with Crippen LogP contribution in [0.15, 0.2) is 34.3 Å². The zero-order valence-corrected chi connectivity index (χ0v) is 11.0. The van der Waals surface area contributed by atoms with Gasteiger partial charge in [0, 0.05) is 30.6 Å². The summed E-state index contributed by atoms with van der Waals surface area (Å²) in [4.78, 5) is 5.53. The molecule has 0 aliphatic rings. The van der Waals surface area contributed by atoms with E-state index in [1.807, 2.05) is 34.3 Å². The van der Waals surface area contributed by atoms with Crippen molar-refractivity contribution in [3.05, 3.63) is 47.1 Å². The second-order valence-corrected chi connectivity index (χ2v) is 5.17. The minimum absolute atomic E-state index is 0.130. The first-order valence-corrected chi connectivity index (χ1v) is 6.89. The molecule has 0 aromatic carbocycles. The van der Waals surface area contributed by atoms with E-state index in [4.69, 9.17) is 10.2 Å². The van der Waals surface area contributed by atoms with Crippen LogP contribution in [0, 0.1) is 0 Å². The third kappa shape index (κ3) is 2.07. The molecule has 0 fully saturated rings. The van der Waals surface area contributed by atoms with Crippen LogP contribution in [-0.4, -0.2) is 9.38 Å². The lowest BCUT2D eigenvalue weighted by molar-refractivity contribution is 0.433. The second-order valence-electron chi connectivity index (χ2n) is 4.29. The highest BCUT2D eigenvalue weighted by Crippen LogP contribution is 2.20. The first kappa shape index (κ1) is 11.5. The normalized spacial score (nSPS) is 13.2. The van der Waals surface area contributed by atoms with Crippen LogP contribution in [0.5, 0.6) is 0 Å². The molecule has 0 aliphatic carbocycles. The molecule has 0 amide bonds. The summed E-state index contributed by atoms with van der Waals surface area (Å²) in [6.07, 6.45) is 5.62. The third-order valence-electron chi connectivity index (χ3n) is 2.97. The summed E-state index contributed by atoms with van der Waals surface area (Å²) in [6.45, 7) is 2.07. The maximum absolute atomic E-state index is 6.15. The van der Waals surface area contributed by atoms with Gasteiger partial charge in [-0.1, -0.05) is 6.92 Å². The number of imidazole rings is 1. The van der Waals surface area contributed by atoms with Crippen molar-refractivity contribution < 1.29 is 4.42 Å². The fourth-order valence-electron chi connectivity index (χ4n) is 1.98. The van der Waals surface area contributed by atoms with E-state index >= 15 is 0 Å². The summed E-state index contributed by atoms with van der Waals surface area (Å²) in [5.74, 6) is 1.81. The molecule has 0 saturated heterocycles. The summed E-state index contributed by atoms with van der Waals surface area (Å²) in [7, 11) is 0. The van der Waals surface area contributed by atoms with Crippen LogP contribution in [-0.2, 0) is 12.8 Å². The van der Waals surface area contributed by atoms with Crippen molar-refractivity contribution in [3.8, 4) is 0 Å². The maximum atomic E-state index is 6.15. The van der Waals surface area contributed by atoms with E-state index in [-0.39, 0.29) is 6.04 Å². The minimum Gasteiger partial charge on any atom is -0.464 e. The van der Waals surface area contributed by atoms with Gasteiger partial charge < -0.3 is 10.2 Å². The standard InChI is InChI=1S/C13H15N3OS/c1-2-10-3-4-12(17-10)11(14)7-9-8-16-5-6-18-13(16)15-9/h3-6,8,11H,2,7,14H2,1H3. The molecule has 3 rings (SSSR count). The molecule has 3 aromatic rings. The number of nitrogens with zero attached hydrogens (tertiary/aromatic N) is 2. The number of aryl methyl sites for hydroxylation is 1. The van der Waals surface area contributed by atoms with E-state index in [9.17, 15) is 0 Å². The zero-order valence-electron chi connectivity index (χ0n) is 10.2. The Kier molecular flexibility index (Phi) is 2.93. The fourth-order valence-corrected chi connectivity index (χ4v) is 2.70. The number of hydrogen-bond donors (Lipinski definition) is 1. The summed E-state index contributed by atoms with van der Waals surface area (Å²) in [5.41, 5.74) is 7.15. The number of hydrogen-bond acceptors (Lipinski definition) is 4. The molecule has 0 bridgehead atoms. The molecule has 18 heavy (non-hydrogen) atoms. The van der Waals surface area contributed by atoms with Crippen LogP contribution >= 0.6 is 11.3 Å². The number of rotatable bonds is 4. The van der Waals surface area contributed by atoms with Crippen LogP contribution in [0.4, 0.5) is 0 Å². The minimum atomic E-state index is -0.130. The van der Waals surface area contributed by atoms with Crippen molar-refractivity contribution in [3.63, 3.8) is 0 Å². The van der Waals surface area contributed by atoms with Gasteiger partial charge in [-0.3, -0.25) is 4.40 Å². The SMILES string of the molecule is CCc1ccc(C(N)Cc2cn3ccsc3n2)o1. The van der Waals surface area contributed by atoms with Crippen LogP contribution < -0.4 is 5.73 Å². The number of aromatic nitrogens is 2. The first-order valence-electron chi connectivity index (χ1n) is 6.01. The Labute approximate surface area is 109 Å². The molecule has 0 spiro atoms. The lowest BCUT2D eigenvalue weighted by Crippen LogP contribution is -2.12. The highest BCUT2D eigenvalue weighted by Gasteiger charge is 2.13. The topological polar surface area (TPSA) is 56.5 Å². The molecule has 1 atom stereocenters. The lowest BCUT2D eigenvalue weighted by atomic mass is 10.1. The van der Waals surface area contributed by atoms with Gasteiger partial charge in [-0.25, -0.2) is 4.98 Å². The van der Waals surface area contributed by atoms with Gasteiger partial charge in [0.25, 0.3) is 0 Å². The summed E-state index contributed by atoms with van der Waals surface area (Å²) in [5, 5.41) is 2.02. The molecule has 5 heteroatoms. The summed E-state index contributed by atoms with van der Waals surface area (Å²) in [6, 6.07) is 3.82. The van der Waals surface area contributed by atoms with Gasteiger partial charge in [-0.05, 0) is 12.1 Å². The number of furan rings is 1. The van der Waals surface area contributed by atoms with Gasteiger partial charge in [0.05, 0.1) is 11.7 Å². The first-order chi connectivity index (χ1) is 8.76. The van der Waals surface area contributed by atoms with Crippen molar-refractivity contribution in [2.24, 2.45) is 5.73 Å². The van der Waals surface area contributed by atoms with E-state index in [0.29, 0.717) is 6.42 Å². The zero-order chi connectivity index (χ0) is 12.5. The van der Waals surface area contributed by atoms with E-state index in [0.717, 1.165) is 28.6 Å². The van der Waals surface area contributed by atoms with Crippen LogP contribution in [0.1, 0.15) is 30.2 Å². The Morgan fingerprint density at radius 3 is 3.11 bits per heavy atom. The monoisotopic (exact) mass is 261 g/mol. The second kappa shape index (κ2) is 4.59. The van der Waals surface area contributed by atoms with E-state index < -0.39 is 0 Å². The predicted molar refractivity (Wildman–Crippen MR) is 71.8 cm³/mol. The molecule has 0 radical (unpaired) electrons. The van der Waals surface area contributed by atoms with Gasteiger partial charge in [0.2, 0.25) is 0 Å². The number of thiazole rings is 1. The average molecular weight is 261 g/mol. The summed E-state index contributed by atoms with van der Waals surface area (Å²) >= 11 is 1.63. The van der Waals surface area contributed by atoms with Crippen molar-refractivity contribution in [2.45, 2.75) is 25.8 Å². The Hall–Kier alpha value is -1.59. The Morgan fingerprint density at radius 1 is 1.50 bits per heavy atom. The smallest absolute Gasteiger partial charge is 0.193 e. The largest absolute Gasteiger partial charge is 0.464 e. The molecule has 2 N–H and O–H groups in total.